The van der Waals surface area contributed by atoms with E-state index < -0.39 is 16.0 Å². The van der Waals surface area contributed by atoms with Crippen molar-refractivity contribution in [3.8, 4) is 11.3 Å². The Bertz CT molecular complexity index is 1060. The molecule has 0 radical (unpaired) electrons. The zero-order valence-electron chi connectivity index (χ0n) is 14.9. The molecule has 0 atom stereocenters. The van der Waals surface area contributed by atoms with Crippen LogP contribution in [0.5, 0.6) is 0 Å². The molecule has 0 bridgehead atoms. The highest BCUT2D eigenvalue weighted by Crippen LogP contribution is 2.21. The number of nitrogens with one attached hydrogen (secondary N) is 1. The van der Waals surface area contributed by atoms with E-state index in [1.165, 1.54) is 42.6 Å². The summed E-state index contributed by atoms with van der Waals surface area (Å²) in [5, 5.41) is 0. The van der Waals surface area contributed by atoms with E-state index in [1.54, 1.807) is 19.1 Å². The fraction of sp³-hybridized carbons (Fsp3) is 0.158. The number of rotatable bonds is 7. The van der Waals surface area contributed by atoms with Gasteiger partial charge in [0.05, 0.1) is 16.7 Å². The second-order valence-electron chi connectivity index (χ2n) is 5.73. The first-order valence-corrected chi connectivity index (χ1v) is 9.85. The third kappa shape index (κ3) is 4.62. The van der Waals surface area contributed by atoms with Crippen LogP contribution in [0.3, 0.4) is 0 Å². The lowest BCUT2D eigenvalue weighted by Gasteiger charge is -2.06. The van der Waals surface area contributed by atoms with Gasteiger partial charge in [0.25, 0.3) is 0 Å². The Morgan fingerprint density at radius 1 is 1.14 bits per heavy atom. The zero-order chi connectivity index (χ0) is 20.1. The van der Waals surface area contributed by atoms with Crippen LogP contribution in [0.15, 0.2) is 64.0 Å². The molecule has 0 aliphatic heterocycles. The van der Waals surface area contributed by atoms with E-state index in [1.807, 2.05) is 0 Å². The molecule has 0 amide bonds. The van der Waals surface area contributed by atoms with Crippen LogP contribution in [-0.4, -0.2) is 25.9 Å². The summed E-state index contributed by atoms with van der Waals surface area (Å²) in [6.45, 7) is 1.74. The van der Waals surface area contributed by atoms with Crippen LogP contribution in [0.1, 0.15) is 23.2 Å². The number of halogens is 1. The average molecular weight is 404 g/mol. The minimum absolute atomic E-state index is 0.0579. The highest BCUT2D eigenvalue weighted by atomic mass is 32.2. The van der Waals surface area contributed by atoms with Gasteiger partial charge >= 0.3 is 5.97 Å². The standard InChI is InChI=1S/C19H17FN2O5S/c1-2-22-28(24,25)16-9-5-14(6-10-16)19(23)26-12-18-21-11-17(27-18)13-3-7-15(20)8-4-13/h3-11,22H,2,12H2,1H3. The molecule has 9 heteroatoms. The van der Waals surface area contributed by atoms with Gasteiger partial charge in [0.2, 0.25) is 15.9 Å². The van der Waals surface area contributed by atoms with Gasteiger partial charge in [-0.15, -0.1) is 0 Å². The summed E-state index contributed by atoms with van der Waals surface area (Å²) in [4.78, 5) is 16.2. The summed E-state index contributed by atoms with van der Waals surface area (Å²) in [5.74, 6) is -0.404. The number of oxazole rings is 1. The maximum absolute atomic E-state index is 13.0. The number of nitrogens with zero attached hydrogens (tertiary/aromatic N) is 1. The molecule has 7 nitrogen and oxygen atoms in total. The van der Waals surface area contributed by atoms with E-state index in [2.05, 4.69) is 9.71 Å². The molecule has 0 aliphatic carbocycles. The average Bonchev–Trinajstić information content (AvgIpc) is 3.16. The molecule has 1 heterocycles. The molecule has 0 saturated carbocycles. The minimum Gasteiger partial charge on any atom is -0.452 e. The van der Waals surface area contributed by atoms with Crippen molar-refractivity contribution in [3.05, 3.63) is 72.0 Å². The van der Waals surface area contributed by atoms with E-state index in [0.29, 0.717) is 11.3 Å². The lowest BCUT2D eigenvalue weighted by atomic mass is 10.2. The van der Waals surface area contributed by atoms with Crippen LogP contribution in [-0.2, 0) is 21.4 Å². The summed E-state index contributed by atoms with van der Waals surface area (Å²) >= 11 is 0. The number of carbonyl (C=O) groups is 1. The summed E-state index contributed by atoms with van der Waals surface area (Å²) < 4.78 is 49.7. The smallest absolute Gasteiger partial charge is 0.338 e. The van der Waals surface area contributed by atoms with Crippen LogP contribution in [0.25, 0.3) is 11.3 Å². The highest BCUT2D eigenvalue weighted by Gasteiger charge is 2.15. The SMILES string of the molecule is CCNS(=O)(=O)c1ccc(C(=O)OCc2ncc(-c3ccc(F)cc3)o2)cc1. The lowest BCUT2D eigenvalue weighted by molar-refractivity contribution is 0.0439. The van der Waals surface area contributed by atoms with Gasteiger partial charge in [-0.25, -0.2) is 27.3 Å². The summed E-state index contributed by atoms with van der Waals surface area (Å²) in [6, 6.07) is 11.1. The normalized spacial score (nSPS) is 11.4. The first-order chi connectivity index (χ1) is 13.4. The first-order valence-electron chi connectivity index (χ1n) is 8.36. The third-order valence-corrected chi connectivity index (χ3v) is 5.31. The number of carbonyl (C=O) groups excluding carboxylic acids is 1. The van der Waals surface area contributed by atoms with Gasteiger partial charge in [-0.05, 0) is 48.5 Å². The fourth-order valence-electron chi connectivity index (χ4n) is 2.38. The Morgan fingerprint density at radius 2 is 1.82 bits per heavy atom. The Hall–Kier alpha value is -3.04. The molecule has 0 fully saturated rings. The minimum atomic E-state index is -3.58. The Kier molecular flexibility index (Phi) is 5.86. The highest BCUT2D eigenvalue weighted by molar-refractivity contribution is 7.89. The molecule has 1 N–H and O–H groups in total. The van der Waals surface area contributed by atoms with Crippen molar-refractivity contribution in [3.63, 3.8) is 0 Å². The fourth-order valence-corrected chi connectivity index (χ4v) is 3.42. The van der Waals surface area contributed by atoms with Gasteiger partial charge in [0.15, 0.2) is 12.4 Å². The Morgan fingerprint density at radius 3 is 2.46 bits per heavy atom. The van der Waals surface area contributed by atoms with Crippen LogP contribution < -0.4 is 4.72 Å². The monoisotopic (exact) mass is 404 g/mol. The largest absolute Gasteiger partial charge is 0.452 e. The molecule has 0 saturated heterocycles. The van der Waals surface area contributed by atoms with Crippen LogP contribution >= 0.6 is 0 Å². The van der Waals surface area contributed by atoms with Crippen LogP contribution in [0.2, 0.25) is 0 Å². The maximum Gasteiger partial charge on any atom is 0.338 e. The zero-order valence-corrected chi connectivity index (χ0v) is 15.7. The molecule has 3 rings (SSSR count). The number of esters is 1. The van der Waals surface area contributed by atoms with E-state index in [4.69, 9.17) is 9.15 Å². The molecule has 0 aliphatic rings. The van der Waals surface area contributed by atoms with Crippen LogP contribution in [0.4, 0.5) is 4.39 Å². The third-order valence-electron chi connectivity index (χ3n) is 3.74. The van der Waals surface area contributed by atoms with Gasteiger partial charge in [0.1, 0.15) is 5.82 Å². The topological polar surface area (TPSA) is 98.5 Å². The number of ether oxygens (including phenoxy) is 1. The van der Waals surface area contributed by atoms with E-state index in [-0.39, 0.29) is 35.3 Å². The van der Waals surface area contributed by atoms with Crippen molar-refractivity contribution < 1.29 is 26.8 Å². The predicted molar refractivity (Wildman–Crippen MR) is 98.3 cm³/mol. The van der Waals surface area contributed by atoms with Crippen molar-refractivity contribution in [1.82, 2.24) is 9.71 Å². The van der Waals surface area contributed by atoms with E-state index >= 15 is 0 Å². The molecule has 146 valence electrons. The predicted octanol–water partition coefficient (Wildman–Crippen LogP) is 3.14. The van der Waals surface area contributed by atoms with Crippen LogP contribution in [0, 0.1) is 5.82 Å². The van der Waals surface area contributed by atoms with E-state index in [9.17, 15) is 17.6 Å². The summed E-state index contributed by atoms with van der Waals surface area (Å²) in [6.07, 6.45) is 1.46. The quantitative estimate of drug-likeness (QED) is 0.608. The van der Waals surface area contributed by atoms with Gasteiger partial charge in [-0.1, -0.05) is 6.92 Å². The van der Waals surface area contributed by atoms with Crippen molar-refractivity contribution in [2.75, 3.05) is 6.54 Å². The number of sulfonamides is 1. The van der Waals surface area contributed by atoms with Gasteiger partial charge in [0, 0.05) is 12.1 Å². The first kappa shape index (κ1) is 19.7. The van der Waals surface area contributed by atoms with Crippen molar-refractivity contribution in [2.24, 2.45) is 0 Å². The molecular weight excluding hydrogens is 387 g/mol. The molecule has 2 aromatic carbocycles. The van der Waals surface area contributed by atoms with Gasteiger partial charge < -0.3 is 9.15 Å². The number of aromatic nitrogens is 1. The van der Waals surface area contributed by atoms with Crippen molar-refractivity contribution >= 4 is 16.0 Å². The summed E-state index contributed by atoms with van der Waals surface area (Å²) in [7, 11) is -3.58. The molecule has 3 aromatic rings. The maximum atomic E-state index is 13.0. The second-order valence-corrected chi connectivity index (χ2v) is 7.49. The molecular formula is C19H17FN2O5S. The van der Waals surface area contributed by atoms with Gasteiger partial charge in [-0.3, -0.25) is 0 Å². The number of hydrogen-bond donors (Lipinski definition) is 1. The Labute approximate surface area is 161 Å². The molecule has 1 aromatic heterocycles. The lowest BCUT2D eigenvalue weighted by Crippen LogP contribution is -2.23. The summed E-state index contributed by atoms with van der Waals surface area (Å²) in [5.41, 5.74) is 0.838. The number of hydrogen-bond acceptors (Lipinski definition) is 6. The van der Waals surface area contributed by atoms with Crippen molar-refractivity contribution in [2.45, 2.75) is 18.4 Å². The molecule has 28 heavy (non-hydrogen) atoms. The van der Waals surface area contributed by atoms with E-state index in [0.717, 1.165) is 0 Å². The molecule has 0 unspecified atom stereocenters. The van der Waals surface area contributed by atoms with Crippen molar-refractivity contribution in [1.29, 1.82) is 0 Å². The molecule has 0 spiro atoms. The second kappa shape index (κ2) is 8.32. The van der Waals surface area contributed by atoms with Gasteiger partial charge in [-0.2, -0.15) is 0 Å². The Balaban J connectivity index is 1.62. The number of benzene rings is 2.